The highest BCUT2D eigenvalue weighted by Crippen LogP contribution is 2.36. The van der Waals surface area contributed by atoms with Gasteiger partial charge in [0, 0.05) is 23.0 Å². The normalized spacial score (nSPS) is 16.6. The fourth-order valence-corrected chi connectivity index (χ4v) is 3.08. The van der Waals surface area contributed by atoms with Crippen LogP contribution >= 0.6 is 0 Å². The van der Waals surface area contributed by atoms with Crippen molar-refractivity contribution in [2.45, 2.75) is 31.7 Å². The maximum Gasteiger partial charge on any atom is 0.221 e. The highest BCUT2D eigenvalue weighted by Gasteiger charge is 2.23. The second-order valence-corrected chi connectivity index (χ2v) is 5.04. The van der Waals surface area contributed by atoms with Crippen LogP contribution in [-0.4, -0.2) is 24.7 Å². The molecule has 0 bridgehead atoms. The number of nitrogens with two attached hydrogens (primary N) is 1. The Labute approximate surface area is 109 Å². The first-order valence-electron chi connectivity index (χ1n) is 6.58. The van der Waals surface area contributed by atoms with E-state index in [1.54, 1.807) is 12.4 Å². The zero-order valence-corrected chi connectivity index (χ0v) is 10.5. The third-order valence-corrected chi connectivity index (χ3v) is 3.92. The Morgan fingerprint density at radius 1 is 1.16 bits per heavy atom. The Morgan fingerprint density at radius 2 is 2.00 bits per heavy atom. The molecule has 1 fully saturated rings. The van der Waals surface area contributed by atoms with Crippen LogP contribution < -0.4 is 5.73 Å². The van der Waals surface area contributed by atoms with E-state index in [0.29, 0.717) is 12.0 Å². The quantitative estimate of drug-likeness (QED) is 0.718. The van der Waals surface area contributed by atoms with Gasteiger partial charge in [-0.25, -0.2) is 4.98 Å². The van der Waals surface area contributed by atoms with E-state index in [2.05, 4.69) is 24.7 Å². The number of rotatable bonds is 1. The molecule has 0 aliphatic heterocycles. The molecular formula is C13H14N6. The minimum absolute atomic E-state index is 0.308. The smallest absolute Gasteiger partial charge is 0.221 e. The van der Waals surface area contributed by atoms with Crippen LogP contribution in [0.4, 0.5) is 5.95 Å². The molecule has 3 aromatic heterocycles. The minimum atomic E-state index is 0.308. The zero-order chi connectivity index (χ0) is 12.8. The highest BCUT2D eigenvalue weighted by atomic mass is 15.2. The van der Waals surface area contributed by atoms with Crippen molar-refractivity contribution in [2.24, 2.45) is 0 Å². The molecule has 96 valence electrons. The standard InChI is InChI=1S/C13H14N6/c14-13-15-7-10-9-5-6-16-18-12(9)19(11(10)17-13)8-3-1-2-4-8/h5-8H,1-4H2,(H2,14,15,17). The average molecular weight is 254 g/mol. The molecule has 0 radical (unpaired) electrons. The van der Waals surface area contributed by atoms with Gasteiger partial charge in [-0.05, 0) is 18.9 Å². The maximum absolute atomic E-state index is 5.74. The summed E-state index contributed by atoms with van der Waals surface area (Å²) in [6.45, 7) is 0. The molecule has 0 amide bonds. The highest BCUT2D eigenvalue weighted by molar-refractivity contribution is 6.04. The van der Waals surface area contributed by atoms with Crippen LogP contribution in [-0.2, 0) is 0 Å². The van der Waals surface area contributed by atoms with Gasteiger partial charge in [0.1, 0.15) is 5.65 Å². The number of aromatic nitrogens is 5. The van der Waals surface area contributed by atoms with Crippen LogP contribution in [0.5, 0.6) is 0 Å². The Hall–Kier alpha value is -2.24. The predicted octanol–water partition coefficient (Wildman–Crippen LogP) is 2.07. The second kappa shape index (κ2) is 3.88. The van der Waals surface area contributed by atoms with Crippen LogP contribution in [0.1, 0.15) is 31.7 Å². The van der Waals surface area contributed by atoms with Gasteiger partial charge in [0.2, 0.25) is 5.95 Å². The molecule has 3 heterocycles. The first kappa shape index (κ1) is 10.7. The molecule has 1 saturated carbocycles. The Balaban J connectivity index is 2.13. The summed E-state index contributed by atoms with van der Waals surface area (Å²) in [5.74, 6) is 0.308. The molecule has 0 saturated heterocycles. The molecule has 1 aliphatic carbocycles. The van der Waals surface area contributed by atoms with Gasteiger partial charge < -0.3 is 10.3 Å². The Kier molecular flexibility index (Phi) is 2.18. The molecule has 6 heteroatoms. The summed E-state index contributed by atoms with van der Waals surface area (Å²) in [5, 5.41) is 10.4. The topological polar surface area (TPSA) is 82.5 Å². The lowest BCUT2D eigenvalue weighted by Crippen LogP contribution is -2.07. The van der Waals surface area contributed by atoms with Gasteiger partial charge in [0.25, 0.3) is 0 Å². The van der Waals surface area contributed by atoms with Crippen LogP contribution in [0.25, 0.3) is 22.1 Å². The van der Waals surface area contributed by atoms with Gasteiger partial charge in [-0.15, -0.1) is 5.10 Å². The molecule has 4 rings (SSSR count). The van der Waals surface area contributed by atoms with Crippen LogP contribution in [0, 0.1) is 0 Å². The summed E-state index contributed by atoms with van der Waals surface area (Å²) in [7, 11) is 0. The lowest BCUT2D eigenvalue weighted by molar-refractivity contribution is 0.542. The summed E-state index contributed by atoms with van der Waals surface area (Å²) in [6.07, 6.45) is 8.34. The summed E-state index contributed by atoms with van der Waals surface area (Å²) >= 11 is 0. The SMILES string of the molecule is Nc1ncc2c3ccnnc3n(C3CCCC3)c2n1. The fraction of sp³-hybridized carbons (Fsp3) is 0.385. The molecule has 0 unspecified atom stereocenters. The molecule has 6 nitrogen and oxygen atoms in total. The summed E-state index contributed by atoms with van der Waals surface area (Å²) in [6, 6.07) is 2.42. The summed E-state index contributed by atoms with van der Waals surface area (Å²) in [5.41, 5.74) is 7.52. The molecular weight excluding hydrogens is 240 g/mol. The van der Waals surface area contributed by atoms with E-state index in [0.717, 1.165) is 22.1 Å². The van der Waals surface area contributed by atoms with E-state index in [4.69, 9.17) is 5.73 Å². The summed E-state index contributed by atoms with van der Waals surface area (Å²) < 4.78 is 2.20. The monoisotopic (exact) mass is 254 g/mol. The van der Waals surface area contributed by atoms with Crippen molar-refractivity contribution in [2.75, 3.05) is 5.73 Å². The van der Waals surface area contributed by atoms with Gasteiger partial charge in [0.05, 0.1) is 6.20 Å². The molecule has 19 heavy (non-hydrogen) atoms. The number of nitrogens with zero attached hydrogens (tertiary/aromatic N) is 5. The lowest BCUT2D eigenvalue weighted by atomic mass is 10.2. The van der Waals surface area contributed by atoms with Crippen molar-refractivity contribution in [3.05, 3.63) is 18.5 Å². The average Bonchev–Trinajstić information content (AvgIpc) is 3.03. The van der Waals surface area contributed by atoms with Gasteiger partial charge in [-0.2, -0.15) is 10.1 Å². The third-order valence-electron chi connectivity index (χ3n) is 3.92. The molecule has 2 N–H and O–H groups in total. The molecule has 3 aromatic rings. The molecule has 0 aromatic carbocycles. The van der Waals surface area contributed by atoms with E-state index in [9.17, 15) is 0 Å². The summed E-state index contributed by atoms with van der Waals surface area (Å²) in [4.78, 5) is 8.52. The number of anilines is 1. The minimum Gasteiger partial charge on any atom is -0.368 e. The van der Waals surface area contributed by atoms with Crippen molar-refractivity contribution in [3.8, 4) is 0 Å². The number of hydrogen-bond acceptors (Lipinski definition) is 5. The van der Waals surface area contributed by atoms with Crippen molar-refractivity contribution < 1.29 is 0 Å². The molecule has 0 atom stereocenters. The number of nitrogen functional groups attached to an aromatic ring is 1. The van der Waals surface area contributed by atoms with Crippen molar-refractivity contribution >= 4 is 28.0 Å². The third kappa shape index (κ3) is 1.49. The van der Waals surface area contributed by atoms with Gasteiger partial charge in [0.15, 0.2) is 5.65 Å². The maximum atomic E-state index is 5.74. The van der Waals surface area contributed by atoms with E-state index < -0.39 is 0 Å². The molecule has 1 aliphatic rings. The van der Waals surface area contributed by atoms with E-state index >= 15 is 0 Å². The van der Waals surface area contributed by atoms with Crippen LogP contribution in [0.15, 0.2) is 18.5 Å². The van der Waals surface area contributed by atoms with Crippen molar-refractivity contribution in [1.29, 1.82) is 0 Å². The largest absolute Gasteiger partial charge is 0.368 e. The number of hydrogen-bond donors (Lipinski definition) is 1. The van der Waals surface area contributed by atoms with E-state index in [1.807, 2.05) is 6.07 Å². The van der Waals surface area contributed by atoms with E-state index in [-0.39, 0.29) is 0 Å². The molecule has 0 spiro atoms. The van der Waals surface area contributed by atoms with Crippen molar-refractivity contribution in [3.63, 3.8) is 0 Å². The van der Waals surface area contributed by atoms with Gasteiger partial charge >= 0.3 is 0 Å². The Bertz CT molecular complexity index is 756. The first-order valence-corrected chi connectivity index (χ1v) is 6.58. The van der Waals surface area contributed by atoms with Crippen molar-refractivity contribution in [1.82, 2.24) is 24.7 Å². The zero-order valence-electron chi connectivity index (χ0n) is 10.5. The van der Waals surface area contributed by atoms with Crippen LogP contribution in [0.3, 0.4) is 0 Å². The fourth-order valence-electron chi connectivity index (χ4n) is 3.08. The second-order valence-electron chi connectivity index (χ2n) is 5.04. The van der Waals surface area contributed by atoms with Gasteiger partial charge in [-0.1, -0.05) is 12.8 Å². The predicted molar refractivity (Wildman–Crippen MR) is 72.5 cm³/mol. The lowest BCUT2D eigenvalue weighted by Gasteiger charge is -2.13. The van der Waals surface area contributed by atoms with Crippen LogP contribution in [0.2, 0.25) is 0 Å². The first-order chi connectivity index (χ1) is 9.34. The Morgan fingerprint density at radius 3 is 2.84 bits per heavy atom. The van der Waals surface area contributed by atoms with Gasteiger partial charge in [-0.3, -0.25) is 0 Å². The van der Waals surface area contributed by atoms with E-state index in [1.165, 1.54) is 25.7 Å². The number of fused-ring (bicyclic) bond motifs is 3.